The number of halogens is 1. The molecule has 1 aliphatic rings. The van der Waals surface area contributed by atoms with Crippen LogP contribution in [0.4, 0.5) is 5.69 Å². The number of aryl methyl sites for hydroxylation is 2. The van der Waals surface area contributed by atoms with Crippen LogP contribution in [0.1, 0.15) is 22.3 Å². The highest BCUT2D eigenvalue weighted by atomic mass is 127. The molecule has 2 aromatic carbocycles. The molecule has 2 aromatic rings. The minimum absolute atomic E-state index is 0.227. The average molecular weight is 482 g/mol. The Labute approximate surface area is 176 Å². The van der Waals surface area contributed by atoms with E-state index in [4.69, 9.17) is 15.3 Å². The fraction of sp³-hybridized carbons (Fsp3) is 0.143. The second-order valence-corrected chi connectivity index (χ2v) is 7.45. The van der Waals surface area contributed by atoms with Crippen molar-refractivity contribution >= 4 is 40.0 Å². The molecule has 1 unspecified atom stereocenters. The Morgan fingerprint density at radius 3 is 2.25 bits per heavy atom. The summed E-state index contributed by atoms with van der Waals surface area (Å²) in [6.07, 6.45) is 1.69. The van der Waals surface area contributed by atoms with Crippen molar-refractivity contribution in [1.82, 2.24) is 5.32 Å². The van der Waals surface area contributed by atoms with Gasteiger partial charge in [-0.3, -0.25) is 4.79 Å². The number of nitrogens with zero attached hydrogens (tertiary/aromatic N) is 3. The van der Waals surface area contributed by atoms with E-state index in [1.165, 1.54) is 0 Å². The molecule has 0 aromatic heterocycles. The van der Waals surface area contributed by atoms with E-state index in [-0.39, 0.29) is 5.91 Å². The number of amidine groups is 1. The lowest BCUT2D eigenvalue weighted by atomic mass is 10.1. The standard InChI is InChI=1S/C21H15IN4O2/c1-12-7-15(11-24)8-13(2)20(12)28-17-9-18(26-21(27)19(17)22)25-16-5-3-14(10-23)4-6-16/h3-9,19H,1-2H3,(H,25,26,27). The van der Waals surface area contributed by atoms with Crippen molar-refractivity contribution in [1.29, 1.82) is 10.5 Å². The summed E-state index contributed by atoms with van der Waals surface area (Å²) in [5.41, 5.74) is 3.35. The third-order valence-electron chi connectivity index (χ3n) is 4.07. The number of amides is 1. The van der Waals surface area contributed by atoms with Crippen molar-refractivity contribution in [3.63, 3.8) is 0 Å². The monoisotopic (exact) mass is 482 g/mol. The van der Waals surface area contributed by atoms with E-state index < -0.39 is 3.92 Å². The molecular formula is C21H15IN4O2. The molecule has 1 N–H and O–H groups in total. The number of nitrogens with one attached hydrogen (secondary N) is 1. The van der Waals surface area contributed by atoms with Gasteiger partial charge in [-0.25, -0.2) is 4.99 Å². The summed E-state index contributed by atoms with van der Waals surface area (Å²) in [7, 11) is 0. The molecule has 1 amide bonds. The summed E-state index contributed by atoms with van der Waals surface area (Å²) in [6.45, 7) is 3.72. The van der Waals surface area contributed by atoms with Gasteiger partial charge in [0, 0.05) is 6.08 Å². The van der Waals surface area contributed by atoms with E-state index >= 15 is 0 Å². The van der Waals surface area contributed by atoms with Crippen LogP contribution in [0.5, 0.6) is 5.75 Å². The molecule has 6 nitrogen and oxygen atoms in total. The molecule has 0 fully saturated rings. The minimum atomic E-state index is -0.507. The van der Waals surface area contributed by atoms with Gasteiger partial charge in [0.1, 0.15) is 21.3 Å². The maximum Gasteiger partial charge on any atom is 0.246 e. The average Bonchev–Trinajstić information content (AvgIpc) is 2.68. The highest BCUT2D eigenvalue weighted by molar-refractivity contribution is 14.1. The molecule has 3 rings (SSSR count). The molecule has 0 saturated carbocycles. The van der Waals surface area contributed by atoms with E-state index in [1.807, 2.05) is 36.4 Å². The summed E-state index contributed by atoms with van der Waals surface area (Å²) in [5.74, 6) is 1.23. The molecule has 0 spiro atoms. The lowest BCUT2D eigenvalue weighted by Gasteiger charge is -2.22. The predicted octanol–water partition coefficient (Wildman–Crippen LogP) is 3.97. The van der Waals surface area contributed by atoms with Crippen molar-refractivity contribution in [2.75, 3.05) is 0 Å². The van der Waals surface area contributed by atoms with Gasteiger partial charge in [-0.1, -0.05) is 22.6 Å². The van der Waals surface area contributed by atoms with Gasteiger partial charge in [-0.05, 0) is 61.4 Å². The molecule has 1 aliphatic heterocycles. The summed E-state index contributed by atoms with van der Waals surface area (Å²) in [5, 5.41) is 20.7. The first-order valence-corrected chi connectivity index (χ1v) is 9.60. The number of nitriles is 2. The highest BCUT2D eigenvalue weighted by Gasteiger charge is 2.28. The first-order chi connectivity index (χ1) is 13.4. The molecule has 0 saturated heterocycles. The number of benzene rings is 2. The third kappa shape index (κ3) is 4.21. The van der Waals surface area contributed by atoms with Gasteiger partial charge in [0.25, 0.3) is 0 Å². The summed E-state index contributed by atoms with van der Waals surface area (Å²) < 4.78 is 5.56. The number of hydrogen-bond acceptors (Lipinski definition) is 5. The Hall–Kier alpha value is -3.17. The van der Waals surface area contributed by atoms with Crippen molar-refractivity contribution in [3.05, 3.63) is 70.5 Å². The van der Waals surface area contributed by atoms with Crippen molar-refractivity contribution < 1.29 is 9.53 Å². The smallest absolute Gasteiger partial charge is 0.246 e. The maximum atomic E-state index is 12.4. The summed E-state index contributed by atoms with van der Waals surface area (Å²) >= 11 is 2.01. The lowest BCUT2D eigenvalue weighted by Crippen LogP contribution is -2.41. The van der Waals surface area contributed by atoms with Crippen molar-refractivity contribution in [2.24, 2.45) is 4.99 Å². The van der Waals surface area contributed by atoms with Crippen LogP contribution in [0.2, 0.25) is 0 Å². The van der Waals surface area contributed by atoms with Gasteiger partial charge < -0.3 is 10.1 Å². The largest absolute Gasteiger partial charge is 0.459 e. The predicted molar refractivity (Wildman–Crippen MR) is 114 cm³/mol. The Morgan fingerprint density at radius 1 is 1.07 bits per heavy atom. The van der Waals surface area contributed by atoms with E-state index in [9.17, 15) is 4.79 Å². The molecule has 0 aliphatic carbocycles. The van der Waals surface area contributed by atoms with Crippen LogP contribution in [0.3, 0.4) is 0 Å². The van der Waals surface area contributed by atoms with E-state index in [0.29, 0.717) is 34.2 Å². The lowest BCUT2D eigenvalue weighted by molar-refractivity contribution is -0.118. The Kier molecular flexibility index (Phi) is 5.76. The first-order valence-electron chi connectivity index (χ1n) is 8.36. The van der Waals surface area contributed by atoms with Gasteiger partial charge >= 0.3 is 0 Å². The number of carbonyl (C=O) groups is 1. The second-order valence-electron chi connectivity index (χ2n) is 6.21. The second kappa shape index (κ2) is 8.24. The Bertz CT molecular complexity index is 1070. The number of carbonyl (C=O) groups excluding carboxylic acids is 1. The molecule has 0 bridgehead atoms. The fourth-order valence-corrected chi connectivity index (χ4v) is 3.21. The number of rotatable bonds is 3. The quantitative estimate of drug-likeness (QED) is 0.529. The van der Waals surface area contributed by atoms with Gasteiger partial charge in [0.2, 0.25) is 5.91 Å². The zero-order chi connectivity index (χ0) is 20.3. The topological polar surface area (TPSA) is 98.3 Å². The van der Waals surface area contributed by atoms with Gasteiger partial charge in [-0.2, -0.15) is 10.5 Å². The van der Waals surface area contributed by atoms with Gasteiger partial charge in [0.15, 0.2) is 0 Å². The summed E-state index contributed by atoms with van der Waals surface area (Å²) in [6, 6.07) is 14.4. The van der Waals surface area contributed by atoms with E-state index in [2.05, 4.69) is 22.4 Å². The maximum absolute atomic E-state index is 12.4. The zero-order valence-electron chi connectivity index (χ0n) is 15.2. The molecule has 0 radical (unpaired) electrons. The number of ether oxygens (including phenoxy) is 1. The molecule has 138 valence electrons. The number of hydrogen-bond donors (Lipinski definition) is 1. The Morgan fingerprint density at radius 2 is 1.68 bits per heavy atom. The summed E-state index contributed by atoms with van der Waals surface area (Å²) in [4.78, 5) is 16.8. The van der Waals surface area contributed by atoms with Crippen LogP contribution in [0, 0.1) is 36.5 Å². The number of aliphatic imine (C=N–C) groups is 1. The van der Waals surface area contributed by atoms with Gasteiger partial charge in [0.05, 0.1) is 29.0 Å². The van der Waals surface area contributed by atoms with Crippen LogP contribution in [-0.4, -0.2) is 15.7 Å². The molecular weight excluding hydrogens is 467 g/mol. The van der Waals surface area contributed by atoms with Crippen LogP contribution in [0.15, 0.2) is 53.2 Å². The first kappa shape index (κ1) is 19.6. The van der Waals surface area contributed by atoms with Crippen LogP contribution >= 0.6 is 22.6 Å². The van der Waals surface area contributed by atoms with Crippen LogP contribution in [0.25, 0.3) is 0 Å². The normalized spacial score (nSPS) is 17.3. The molecule has 1 heterocycles. The van der Waals surface area contributed by atoms with Crippen LogP contribution < -0.4 is 10.1 Å². The zero-order valence-corrected chi connectivity index (χ0v) is 17.3. The van der Waals surface area contributed by atoms with Crippen LogP contribution in [-0.2, 0) is 4.79 Å². The van der Waals surface area contributed by atoms with Crippen molar-refractivity contribution in [3.8, 4) is 17.9 Å². The molecule has 7 heteroatoms. The molecule has 1 atom stereocenters. The van der Waals surface area contributed by atoms with Gasteiger partial charge in [-0.15, -0.1) is 0 Å². The third-order valence-corrected chi connectivity index (χ3v) is 5.25. The van der Waals surface area contributed by atoms with E-state index in [1.54, 1.807) is 42.5 Å². The highest BCUT2D eigenvalue weighted by Crippen LogP contribution is 2.30. The molecule has 28 heavy (non-hydrogen) atoms. The SMILES string of the molecule is Cc1cc(C#N)cc(C)c1OC1=CC(=Nc2ccc(C#N)cc2)NC(=O)C1I. The fourth-order valence-electron chi connectivity index (χ4n) is 2.75. The Balaban J connectivity index is 1.95. The van der Waals surface area contributed by atoms with E-state index in [0.717, 1.165) is 11.1 Å². The van der Waals surface area contributed by atoms with Crippen molar-refractivity contribution in [2.45, 2.75) is 17.8 Å². The minimum Gasteiger partial charge on any atom is -0.459 e. The number of alkyl halides is 1.